The van der Waals surface area contributed by atoms with E-state index in [9.17, 15) is 9.59 Å². The zero-order chi connectivity index (χ0) is 14.8. The summed E-state index contributed by atoms with van der Waals surface area (Å²) < 4.78 is 5.35. The highest BCUT2D eigenvalue weighted by Crippen LogP contribution is 2.23. The number of carboxylic acid groups (broad SMARTS) is 1. The fraction of sp³-hybridized carbons (Fsp3) is 0.571. The summed E-state index contributed by atoms with van der Waals surface area (Å²) in [5.74, 6) is -1.03. The highest BCUT2D eigenvalue weighted by atomic mass is 32.1. The molecule has 2 aliphatic rings. The van der Waals surface area contributed by atoms with E-state index in [0.29, 0.717) is 10.9 Å². The van der Waals surface area contributed by atoms with Gasteiger partial charge in [0.2, 0.25) is 0 Å². The van der Waals surface area contributed by atoms with E-state index in [1.807, 2.05) is 4.90 Å². The first-order valence-electron chi connectivity index (χ1n) is 7.09. The van der Waals surface area contributed by atoms with E-state index in [0.717, 1.165) is 57.2 Å². The van der Waals surface area contributed by atoms with Crippen LogP contribution in [-0.4, -0.2) is 72.2 Å². The van der Waals surface area contributed by atoms with Crippen LogP contribution < -0.4 is 0 Å². The van der Waals surface area contributed by atoms with Crippen LogP contribution in [0.5, 0.6) is 0 Å². The van der Waals surface area contributed by atoms with E-state index in [4.69, 9.17) is 9.84 Å². The predicted molar refractivity (Wildman–Crippen MR) is 78.0 cm³/mol. The molecule has 1 aromatic heterocycles. The lowest BCUT2D eigenvalue weighted by molar-refractivity contribution is 0.0185. The number of thiophene rings is 1. The topological polar surface area (TPSA) is 70.1 Å². The Bertz CT molecular complexity index is 539. The first-order chi connectivity index (χ1) is 10.1. The van der Waals surface area contributed by atoms with Crippen LogP contribution in [-0.2, 0) is 4.74 Å². The van der Waals surface area contributed by atoms with Gasteiger partial charge in [-0.1, -0.05) is 0 Å². The van der Waals surface area contributed by atoms with Crippen molar-refractivity contribution in [3.05, 3.63) is 21.9 Å². The minimum Gasteiger partial charge on any atom is -0.477 e. The van der Waals surface area contributed by atoms with E-state index < -0.39 is 5.97 Å². The van der Waals surface area contributed by atoms with Crippen LogP contribution in [0.1, 0.15) is 25.8 Å². The maximum absolute atomic E-state index is 12.4. The highest BCUT2D eigenvalue weighted by molar-refractivity contribution is 7.15. The SMILES string of the molecule is O=C(O)c1ccc(C(=O)N2CCC(N3CCOCC3)C2)s1. The van der Waals surface area contributed by atoms with Gasteiger partial charge in [0.05, 0.1) is 18.1 Å². The van der Waals surface area contributed by atoms with Crippen LogP contribution in [0.4, 0.5) is 0 Å². The molecule has 114 valence electrons. The average Bonchev–Trinajstić information content (AvgIpc) is 3.17. The Kier molecular flexibility index (Phi) is 4.23. The van der Waals surface area contributed by atoms with Gasteiger partial charge >= 0.3 is 5.97 Å². The number of carboxylic acids is 1. The van der Waals surface area contributed by atoms with Crippen molar-refractivity contribution in [2.24, 2.45) is 0 Å². The van der Waals surface area contributed by atoms with Gasteiger partial charge in [-0.25, -0.2) is 4.79 Å². The molecule has 1 N–H and O–H groups in total. The van der Waals surface area contributed by atoms with Crippen molar-refractivity contribution in [3.63, 3.8) is 0 Å². The van der Waals surface area contributed by atoms with E-state index in [1.165, 1.54) is 6.07 Å². The summed E-state index contributed by atoms with van der Waals surface area (Å²) in [6.07, 6.45) is 0.975. The second-order valence-electron chi connectivity index (χ2n) is 5.31. The molecule has 1 unspecified atom stereocenters. The molecule has 1 atom stereocenters. The van der Waals surface area contributed by atoms with Crippen LogP contribution in [0.2, 0.25) is 0 Å². The monoisotopic (exact) mass is 310 g/mol. The van der Waals surface area contributed by atoms with Crippen LogP contribution in [0, 0.1) is 0 Å². The standard InChI is InChI=1S/C14H18N2O4S/c17-13(11-1-2-12(21-11)14(18)19)16-4-3-10(9-16)15-5-7-20-8-6-15/h1-2,10H,3-9H2,(H,18,19). The summed E-state index contributed by atoms with van der Waals surface area (Å²) in [5, 5.41) is 8.92. The van der Waals surface area contributed by atoms with Crippen molar-refractivity contribution >= 4 is 23.2 Å². The lowest BCUT2D eigenvalue weighted by Gasteiger charge is -2.32. The summed E-state index contributed by atoms with van der Waals surface area (Å²) in [4.78, 5) is 28.2. The smallest absolute Gasteiger partial charge is 0.345 e. The van der Waals surface area contributed by atoms with Gasteiger partial charge in [0.1, 0.15) is 4.88 Å². The summed E-state index contributed by atoms with van der Waals surface area (Å²) in [6.45, 7) is 4.83. The van der Waals surface area contributed by atoms with Gasteiger partial charge in [-0.3, -0.25) is 9.69 Å². The molecule has 0 spiro atoms. The van der Waals surface area contributed by atoms with Crippen LogP contribution in [0.3, 0.4) is 0 Å². The average molecular weight is 310 g/mol. The number of hydrogen-bond donors (Lipinski definition) is 1. The largest absolute Gasteiger partial charge is 0.477 e. The fourth-order valence-electron chi connectivity index (χ4n) is 2.89. The zero-order valence-corrected chi connectivity index (χ0v) is 12.5. The second-order valence-corrected chi connectivity index (χ2v) is 6.39. The van der Waals surface area contributed by atoms with Crippen LogP contribution >= 0.6 is 11.3 Å². The first-order valence-corrected chi connectivity index (χ1v) is 7.91. The number of hydrogen-bond acceptors (Lipinski definition) is 5. The van der Waals surface area contributed by atoms with Gasteiger partial charge in [-0.05, 0) is 18.6 Å². The zero-order valence-electron chi connectivity index (χ0n) is 11.7. The Morgan fingerprint density at radius 2 is 1.90 bits per heavy atom. The molecule has 0 saturated carbocycles. The predicted octanol–water partition coefficient (Wildman–Crippen LogP) is 0.993. The lowest BCUT2D eigenvalue weighted by atomic mass is 10.2. The third-order valence-electron chi connectivity index (χ3n) is 4.04. The molecule has 3 rings (SSSR count). The molecule has 3 heterocycles. The molecule has 6 nitrogen and oxygen atoms in total. The number of aromatic carboxylic acids is 1. The number of morpholine rings is 1. The van der Waals surface area contributed by atoms with Crippen molar-refractivity contribution in [3.8, 4) is 0 Å². The van der Waals surface area contributed by atoms with Gasteiger partial charge in [0, 0.05) is 32.2 Å². The molecule has 0 radical (unpaired) electrons. The third kappa shape index (κ3) is 3.09. The number of nitrogens with zero attached hydrogens (tertiary/aromatic N) is 2. The number of ether oxygens (including phenoxy) is 1. The second kappa shape index (κ2) is 6.13. The fourth-order valence-corrected chi connectivity index (χ4v) is 3.70. The summed E-state index contributed by atoms with van der Waals surface area (Å²) in [7, 11) is 0. The molecule has 2 saturated heterocycles. The van der Waals surface area contributed by atoms with Crippen molar-refractivity contribution in [1.29, 1.82) is 0 Å². The molecule has 7 heteroatoms. The molecule has 0 bridgehead atoms. The summed E-state index contributed by atoms with van der Waals surface area (Å²) in [5.41, 5.74) is 0. The van der Waals surface area contributed by atoms with E-state index in [1.54, 1.807) is 6.07 Å². The van der Waals surface area contributed by atoms with Crippen LogP contribution in [0.25, 0.3) is 0 Å². The van der Waals surface area contributed by atoms with Gasteiger partial charge in [-0.15, -0.1) is 11.3 Å². The molecule has 2 fully saturated rings. The number of rotatable bonds is 3. The molecular formula is C14H18N2O4S. The summed E-state index contributed by atoms with van der Waals surface area (Å²) >= 11 is 1.05. The lowest BCUT2D eigenvalue weighted by Crippen LogP contribution is -2.45. The molecule has 0 aromatic carbocycles. The van der Waals surface area contributed by atoms with E-state index in [-0.39, 0.29) is 10.8 Å². The minimum absolute atomic E-state index is 0.0525. The van der Waals surface area contributed by atoms with Gasteiger partial charge in [0.25, 0.3) is 5.91 Å². The van der Waals surface area contributed by atoms with Crippen molar-refractivity contribution in [2.75, 3.05) is 39.4 Å². The molecule has 2 aliphatic heterocycles. The molecule has 1 aromatic rings. The van der Waals surface area contributed by atoms with Gasteiger partial charge in [-0.2, -0.15) is 0 Å². The van der Waals surface area contributed by atoms with Crippen molar-refractivity contribution < 1.29 is 19.4 Å². The summed E-state index contributed by atoms with van der Waals surface area (Å²) in [6, 6.07) is 3.51. The Morgan fingerprint density at radius 3 is 2.57 bits per heavy atom. The molecule has 1 amide bonds. The number of amides is 1. The Balaban J connectivity index is 1.62. The minimum atomic E-state index is -0.980. The first kappa shape index (κ1) is 14.5. The number of carbonyl (C=O) groups is 2. The van der Waals surface area contributed by atoms with E-state index in [2.05, 4.69) is 4.90 Å². The van der Waals surface area contributed by atoms with Crippen molar-refractivity contribution in [2.45, 2.75) is 12.5 Å². The number of carbonyl (C=O) groups excluding carboxylic acids is 1. The number of likely N-dealkylation sites (tertiary alicyclic amines) is 1. The molecule has 0 aliphatic carbocycles. The van der Waals surface area contributed by atoms with Crippen LogP contribution in [0.15, 0.2) is 12.1 Å². The van der Waals surface area contributed by atoms with E-state index >= 15 is 0 Å². The Hall–Kier alpha value is -1.44. The van der Waals surface area contributed by atoms with Gasteiger partial charge in [0.15, 0.2) is 0 Å². The maximum Gasteiger partial charge on any atom is 0.345 e. The Morgan fingerprint density at radius 1 is 1.19 bits per heavy atom. The highest BCUT2D eigenvalue weighted by Gasteiger charge is 2.32. The molecular weight excluding hydrogens is 292 g/mol. The quantitative estimate of drug-likeness (QED) is 0.902. The third-order valence-corrected chi connectivity index (χ3v) is 5.10. The molecule has 21 heavy (non-hydrogen) atoms. The Labute approximate surface area is 126 Å². The normalized spacial score (nSPS) is 23.4. The van der Waals surface area contributed by atoms with Gasteiger partial charge < -0.3 is 14.7 Å². The van der Waals surface area contributed by atoms with Crippen molar-refractivity contribution in [1.82, 2.24) is 9.80 Å². The maximum atomic E-state index is 12.4.